The van der Waals surface area contributed by atoms with E-state index in [0.29, 0.717) is 10.6 Å². The molecule has 1 aliphatic rings. The van der Waals surface area contributed by atoms with Crippen molar-refractivity contribution in [1.29, 1.82) is 0 Å². The molecule has 1 aromatic rings. The van der Waals surface area contributed by atoms with Crippen molar-refractivity contribution in [1.82, 2.24) is 0 Å². The second-order valence-electron chi connectivity index (χ2n) is 4.35. The molecule has 0 radical (unpaired) electrons. The zero-order valence-electron chi connectivity index (χ0n) is 10.3. The van der Waals surface area contributed by atoms with Gasteiger partial charge in [-0.3, -0.25) is 4.79 Å². The van der Waals surface area contributed by atoms with Gasteiger partial charge >= 0.3 is 5.97 Å². The number of esters is 1. The van der Waals surface area contributed by atoms with Crippen molar-refractivity contribution in [2.45, 2.75) is 32.6 Å². The van der Waals surface area contributed by atoms with Crippen LogP contribution in [0.2, 0.25) is 5.02 Å². The Bertz CT molecular complexity index is 494. The highest BCUT2D eigenvalue weighted by atomic mass is 35.5. The highest BCUT2D eigenvalue weighted by Gasteiger charge is 2.21. The number of carbonyl (C=O) groups is 2. The van der Waals surface area contributed by atoms with E-state index >= 15 is 0 Å². The number of ketones is 1. The van der Waals surface area contributed by atoms with E-state index in [0.717, 1.165) is 36.8 Å². The van der Waals surface area contributed by atoms with Gasteiger partial charge in [-0.25, -0.2) is 4.79 Å². The second-order valence-corrected chi connectivity index (χ2v) is 4.76. The summed E-state index contributed by atoms with van der Waals surface area (Å²) in [5, 5.41) is 0.583. The number of carbonyl (C=O) groups excluding carboxylic acids is 2. The van der Waals surface area contributed by atoms with Crippen molar-refractivity contribution in [2.24, 2.45) is 0 Å². The summed E-state index contributed by atoms with van der Waals surface area (Å²) in [7, 11) is 0. The number of benzene rings is 1. The van der Waals surface area contributed by atoms with Crippen molar-refractivity contribution in [3.8, 4) is 0 Å². The van der Waals surface area contributed by atoms with E-state index in [9.17, 15) is 9.59 Å². The third kappa shape index (κ3) is 2.56. The molecule has 0 aromatic heterocycles. The lowest BCUT2D eigenvalue weighted by Gasteiger charge is -2.17. The Kier molecular flexibility index (Phi) is 4.02. The number of rotatable bonds is 3. The molecule has 0 fully saturated rings. The topological polar surface area (TPSA) is 43.4 Å². The van der Waals surface area contributed by atoms with Crippen molar-refractivity contribution >= 4 is 23.4 Å². The number of halogens is 1. The van der Waals surface area contributed by atoms with E-state index in [1.807, 2.05) is 0 Å². The van der Waals surface area contributed by atoms with Gasteiger partial charge < -0.3 is 4.74 Å². The highest BCUT2D eigenvalue weighted by Crippen LogP contribution is 2.29. The molecule has 1 aromatic carbocycles. The van der Waals surface area contributed by atoms with Gasteiger partial charge in [-0.1, -0.05) is 11.6 Å². The van der Waals surface area contributed by atoms with Gasteiger partial charge in [0.1, 0.15) is 0 Å². The van der Waals surface area contributed by atoms with Crippen LogP contribution >= 0.6 is 11.6 Å². The van der Waals surface area contributed by atoms with Crippen LogP contribution < -0.4 is 0 Å². The first-order valence-electron chi connectivity index (χ1n) is 6.16. The third-order valence-corrected chi connectivity index (χ3v) is 3.47. The Morgan fingerprint density at radius 3 is 2.72 bits per heavy atom. The fraction of sp³-hybridized carbons (Fsp3) is 0.429. The maximum atomic E-state index is 11.8. The third-order valence-electron chi connectivity index (χ3n) is 3.13. The van der Waals surface area contributed by atoms with E-state index in [-0.39, 0.29) is 6.61 Å². The molecule has 0 N–H and O–H groups in total. The van der Waals surface area contributed by atoms with Crippen molar-refractivity contribution in [2.75, 3.05) is 6.61 Å². The quantitative estimate of drug-likeness (QED) is 0.480. The molecule has 0 spiro atoms. The summed E-state index contributed by atoms with van der Waals surface area (Å²) >= 11 is 6.17. The molecule has 4 heteroatoms. The molecular weight excluding hydrogens is 252 g/mol. The first kappa shape index (κ1) is 13.1. The van der Waals surface area contributed by atoms with Gasteiger partial charge in [0.25, 0.3) is 5.78 Å². The molecular formula is C14H15ClO3. The maximum Gasteiger partial charge on any atom is 0.379 e. The molecule has 3 nitrogen and oxygen atoms in total. The fourth-order valence-electron chi connectivity index (χ4n) is 2.26. The van der Waals surface area contributed by atoms with Crippen LogP contribution in [-0.4, -0.2) is 18.4 Å². The summed E-state index contributed by atoms with van der Waals surface area (Å²) in [6.07, 6.45) is 4.08. The summed E-state index contributed by atoms with van der Waals surface area (Å²) in [5.74, 6) is -1.43. The highest BCUT2D eigenvalue weighted by molar-refractivity contribution is 6.41. The summed E-state index contributed by atoms with van der Waals surface area (Å²) in [5.41, 5.74) is 2.53. The summed E-state index contributed by atoms with van der Waals surface area (Å²) in [6, 6.07) is 3.35. The number of hydrogen-bond acceptors (Lipinski definition) is 3. The number of fused-ring (bicyclic) bond motifs is 1. The van der Waals surface area contributed by atoms with E-state index in [1.165, 1.54) is 0 Å². The predicted molar refractivity (Wildman–Crippen MR) is 69.1 cm³/mol. The molecule has 2 rings (SSSR count). The van der Waals surface area contributed by atoms with Gasteiger partial charge in [0.05, 0.1) is 6.61 Å². The summed E-state index contributed by atoms with van der Waals surface area (Å²) in [6.45, 7) is 1.87. The average molecular weight is 267 g/mol. The molecule has 0 heterocycles. The normalized spacial score (nSPS) is 13.9. The maximum absolute atomic E-state index is 11.8. The number of ether oxygens (including phenoxy) is 1. The molecule has 0 saturated carbocycles. The van der Waals surface area contributed by atoms with E-state index in [2.05, 4.69) is 0 Å². The Morgan fingerprint density at radius 1 is 1.28 bits per heavy atom. The Hall–Kier alpha value is -1.35. The van der Waals surface area contributed by atoms with Crippen LogP contribution in [0.15, 0.2) is 12.1 Å². The van der Waals surface area contributed by atoms with Gasteiger partial charge in [0.2, 0.25) is 0 Å². The molecule has 18 heavy (non-hydrogen) atoms. The van der Waals surface area contributed by atoms with Crippen LogP contribution in [-0.2, 0) is 22.4 Å². The zero-order valence-corrected chi connectivity index (χ0v) is 11.0. The van der Waals surface area contributed by atoms with Crippen LogP contribution in [0.1, 0.15) is 41.3 Å². The van der Waals surface area contributed by atoms with E-state index < -0.39 is 11.8 Å². The van der Waals surface area contributed by atoms with Crippen LogP contribution in [0.25, 0.3) is 0 Å². The largest absolute Gasteiger partial charge is 0.460 e. The summed E-state index contributed by atoms with van der Waals surface area (Å²) in [4.78, 5) is 23.2. The van der Waals surface area contributed by atoms with Crippen LogP contribution in [0.3, 0.4) is 0 Å². The molecule has 0 saturated heterocycles. The molecule has 0 amide bonds. The molecule has 0 atom stereocenters. The minimum absolute atomic E-state index is 0.198. The van der Waals surface area contributed by atoms with E-state index in [1.54, 1.807) is 19.1 Å². The molecule has 0 unspecified atom stereocenters. The Balaban J connectivity index is 2.32. The van der Waals surface area contributed by atoms with Gasteiger partial charge in [0.15, 0.2) is 0 Å². The van der Waals surface area contributed by atoms with Gasteiger partial charge in [-0.05, 0) is 55.9 Å². The monoisotopic (exact) mass is 266 g/mol. The Labute approximate surface area is 111 Å². The lowest BCUT2D eigenvalue weighted by Crippen LogP contribution is -2.18. The molecule has 0 aliphatic heterocycles. The lowest BCUT2D eigenvalue weighted by atomic mass is 9.89. The fourth-order valence-corrected chi connectivity index (χ4v) is 2.59. The SMILES string of the molecule is CCOC(=O)C(=O)c1cc(Cl)c2c(c1)CCCC2. The van der Waals surface area contributed by atoms with Crippen molar-refractivity contribution < 1.29 is 14.3 Å². The predicted octanol–water partition coefficient (Wildman–Crippen LogP) is 2.96. The first-order valence-corrected chi connectivity index (χ1v) is 6.54. The minimum atomic E-state index is -0.815. The lowest BCUT2D eigenvalue weighted by molar-refractivity contribution is -0.137. The summed E-state index contributed by atoms with van der Waals surface area (Å²) < 4.78 is 4.71. The smallest absolute Gasteiger partial charge is 0.379 e. The second kappa shape index (κ2) is 5.53. The molecule has 96 valence electrons. The number of Topliss-reactive ketones (excluding diaryl/α,β-unsaturated/α-hetero) is 1. The van der Waals surface area contributed by atoms with Crippen molar-refractivity contribution in [3.63, 3.8) is 0 Å². The standard InChI is InChI=1S/C14H15ClO3/c1-2-18-14(17)13(16)10-7-9-5-3-4-6-11(9)12(15)8-10/h7-8H,2-6H2,1H3. The minimum Gasteiger partial charge on any atom is -0.460 e. The molecule has 1 aliphatic carbocycles. The number of aryl methyl sites for hydroxylation is 1. The van der Waals surface area contributed by atoms with Gasteiger partial charge in [-0.15, -0.1) is 0 Å². The van der Waals surface area contributed by atoms with Crippen LogP contribution in [0.5, 0.6) is 0 Å². The average Bonchev–Trinajstić information content (AvgIpc) is 2.38. The van der Waals surface area contributed by atoms with Crippen LogP contribution in [0.4, 0.5) is 0 Å². The van der Waals surface area contributed by atoms with Gasteiger partial charge in [0, 0.05) is 10.6 Å². The van der Waals surface area contributed by atoms with Crippen molar-refractivity contribution in [3.05, 3.63) is 33.8 Å². The Morgan fingerprint density at radius 2 is 2.00 bits per heavy atom. The first-order chi connectivity index (χ1) is 8.63. The van der Waals surface area contributed by atoms with E-state index in [4.69, 9.17) is 16.3 Å². The van der Waals surface area contributed by atoms with Crippen LogP contribution in [0, 0.1) is 0 Å². The molecule has 0 bridgehead atoms. The van der Waals surface area contributed by atoms with Gasteiger partial charge in [-0.2, -0.15) is 0 Å². The number of hydrogen-bond donors (Lipinski definition) is 0. The zero-order chi connectivity index (χ0) is 13.1.